The predicted molar refractivity (Wildman–Crippen MR) is 140 cm³/mol. The number of nitrogens with zero attached hydrogens (tertiary/aromatic N) is 1. The number of para-hydroxylation sites is 1. The van der Waals surface area contributed by atoms with Crippen molar-refractivity contribution in [3.63, 3.8) is 0 Å². The van der Waals surface area contributed by atoms with E-state index in [2.05, 4.69) is 16.3 Å². The van der Waals surface area contributed by atoms with Crippen molar-refractivity contribution in [3.8, 4) is 0 Å². The van der Waals surface area contributed by atoms with E-state index in [1.165, 1.54) is 6.42 Å². The molecule has 194 valence electrons. The van der Waals surface area contributed by atoms with Gasteiger partial charge in [0, 0.05) is 25.3 Å². The Morgan fingerprint density at radius 3 is 2.06 bits per heavy atom. The lowest BCUT2D eigenvalue weighted by atomic mass is 9.87. The first kappa shape index (κ1) is 27.2. The quantitative estimate of drug-likeness (QED) is 0.372. The molecule has 1 atom stereocenters. The number of rotatable bonds is 11. The summed E-state index contributed by atoms with van der Waals surface area (Å²) in [6, 6.07) is 15.7. The Kier molecular flexibility index (Phi) is 10.3. The van der Waals surface area contributed by atoms with Crippen LogP contribution >= 0.6 is 0 Å². The average Bonchev–Trinajstić information content (AvgIpc) is 2.89. The van der Waals surface area contributed by atoms with Crippen LogP contribution in [0.5, 0.6) is 0 Å². The number of benzene rings is 2. The Labute approximate surface area is 214 Å². The molecule has 1 amide bonds. The number of carbonyl (C=O) groups is 3. The number of hydrogen-bond acceptors (Lipinski definition) is 6. The van der Waals surface area contributed by atoms with Gasteiger partial charge in [-0.15, -0.1) is 0 Å². The maximum absolute atomic E-state index is 13.3. The molecule has 1 aliphatic rings. The topological polar surface area (TPSA) is 84.9 Å². The number of nitrogens with one attached hydrogen (secondary N) is 1. The van der Waals surface area contributed by atoms with Crippen molar-refractivity contribution >= 4 is 23.5 Å². The van der Waals surface area contributed by atoms with E-state index in [4.69, 9.17) is 9.47 Å². The van der Waals surface area contributed by atoms with E-state index in [1.807, 2.05) is 49.4 Å². The van der Waals surface area contributed by atoms with Gasteiger partial charge in [-0.2, -0.15) is 0 Å². The van der Waals surface area contributed by atoms with Gasteiger partial charge < -0.3 is 19.7 Å². The molecule has 1 aliphatic heterocycles. The van der Waals surface area contributed by atoms with Gasteiger partial charge in [-0.3, -0.25) is 14.4 Å². The highest BCUT2D eigenvalue weighted by molar-refractivity contribution is 5.95. The van der Waals surface area contributed by atoms with E-state index >= 15 is 0 Å². The first-order chi connectivity index (χ1) is 17.5. The standard InChI is InChI=1S/C29H38N2O5/c1-4-30-27(32)26(23-12-8-9-13-25(23)31-18-10-7-11-19-31)22-16-14-21(15-17-22)20-24(28(33)35-5-2)29(34)36-6-3/h8-9,12-17,24,26H,4-7,10-11,18-20H2,1-3H3,(H,30,32). The molecule has 1 fully saturated rings. The summed E-state index contributed by atoms with van der Waals surface area (Å²) < 4.78 is 10.2. The molecule has 0 radical (unpaired) electrons. The van der Waals surface area contributed by atoms with Gasteiger partial charge in [0.25, 0.3) is 0 Å². The zero-order valence-electron chi connectivity index (χ0n) is 21.6. The van der Waals surface area contributed by atoms with Crippen molar-refractivity contribution in [3.05, 3.63) is 65.2 Å². The number of esters is 2. The minimum atomic E-state index is -1.02. The molecular weight excluding hydrogens is 456 g/mol. The fourth-order valence-electron chi connectivity index (χ4n) is 4.73. The Bertz CT molecular complexity index is 997. The molecule has 1 N–H and O–H groups in total. The first-order valence-electron chi connectivity index (χ1n) is 13.0. The summed E-state index contributed by atoms with van der Waals surface area (Å²) in [4.78, 5) is 40.5. The first-order valence-corrected chi connectivity index (χ1v) is 13.0. The number of piperidine rings is 1. The van der Waals surface area contributed by atoms with Crippen LogP contribution < -0.4 is 10.2 Å². The fourth-order valence-corrected chi connectivity index (χ4v) is 4.73. The number of anilines is 1. The smallest absolute Gasteiger partial charge is 0.320 e. The third-order valence-corrected chi connectivity index (χ3v) is 6.45. The Morgan fingerprint density at radius 2 is 1.47 bits per heavy atom. The van der Waals surface area contributed by atoms with Gasteiger partial charge in [-0.1, -0.05) is 42.5 Å². The van der Waals surface area contributed by atoms with Gasteiger partial charge in [0.2, 0.25) is 5.91 Å². The minimum absolute atomic E-state index is 0.0503. The minimum Gasteiger partial charge on any atom is -0.465 e. The van der Waals surface area contributed by atoms with Gasteiger partial charge in [0.15, 0.2) is 5.92 Å². The maximum atomic E-state index is 13.3. The molecule has 36 heavy (non-hydrogen) atoms. The van der Waals surface area contributed by atoms with Crippen molar-refractivity contribution in [1.82, 2.24) is 5.32 Å². The molecular formula is C29H38N2O5. The van der Waals surface area contributed by atoms with Crippen molar-refractivity contribution < 1.29 is 23.9 Å². The van der Waals surface area contributed by atoms with Crippen LogP contribution in [0.15, 0.2) is 48.5 Å². The maximum Gasteiger partial charge on any atom is 0.320 e. The average molecular weight is 495 g/mol. The number of hydrogen-bond donors (Lipinski definition) is 1. The molecule has 2 aromatic carbocycles. The van der Waals surface area contributed by atoms with E-state index in [9.17, 15) is 14.4 Å². The second kappa shape index (κ2) is 13.7. The molecule has 1 unspecified atom stereocenters. The van der Waals surface area contributed by atoms with Gasteiger partial charge in [-0.05, 0) is 69.2 Å². The van der Waals surface area contributed by atoms with Crippen LogP contribution in [-0.2, 0) is 30.3 Å². The molecule has 7 heteroatoms. The van der Waals surface area contributed by atoms with E-state index in [0.29, 0.717) is 6.54 Å². The zero-order chi connectivity index (χ0) is 25.9. The van der Waals surface area contributed by atoms with Crippen LogP contribution in [0.2, 0.25) is 0 Å². The van der Waals surface area contributed by atoms with Crippen molar-refractivity contribution in [2.24, 2.45) is 5.92 Å². The Hall–Kier alpha value is -3.35. The van der Waals surface area contributed by atoms with Crippen LogP contribution in [0.3, 0.4) is 0 Å². The normalized spacial score (nSPS) is 14.3. The zero-order valence-corrected chi connectivity index (χ0v) is 21.6. The highest BCUT2D eigenvalue weighted by Gasteiger charge is 2.31. The SMILES string of the molecule is CCNC(=O)C(c1ccc(CC(C(=O)OCC)C(=O)OCC)cc1)c1ccccc1N1CCCCC1. The van der Waals surface area contributed by atoms with E-state index in [0.717, 1.165) is 48.3 Å². The number of likely N-dealkylation sites (N-methyl/N-ethyl adjacent to an activating group) is 1. The third kappa shape index (κ3) is 6.86. The van der Waals surface area contributed by atoms with E-state index < -0.39 is 23.8 Å². The van der Waals surface area contributed by atoms with Crippen molar-refractivity contribution in [2.45, 2.75) is 52.4 Å². The highest BCUT2D eigenvalue weighted by Crippen LogP contribution is 2.34. The summed E-state index contributed by atoms with van der Waals surface area (Å²) in [5.74, 6) is -2.71. The summed E-state index contributed by atoms with van der Waals surface area (Å²) in [5.41, 5.74) is 3.73. The Morgan fingerprint density at radius 1 is 0.861 bits per heavy atom. The van der Waals surface area contributed by atoms with Crippen molar-refractivity contribution in [1.29, 1.82) is 0 Å². The number of amides is 1. The lowest BCUT2D eigenvalue weighted by Gasteiger charge is -2.32. The monoisotopic (exact) mass is 494 g/mol. The van der Waals surface area contributed by atoms with Crippen LogP contribution in [0.4, 0.5) is 5.69 Å². The molecule has 7 nitrogen and oxygen atoms in total. The molecule has 1 heterocycles. The predicted octanol–water partition coefficient (Wildman–Crippen LogP) is 4.23. The van der Waals surface area contributed by atoms with Crippen molar-refractivity contribution in [2.75, 3.05) is 37.7 Å². The number of ether oxygens (including phenoxy) is 2. The Balaban J connectivity index is 1.91. The summed E-state index contributed by atoms with van der Waals surface area (Å²) in [6.45, 7) is 8.23. The van der Waals surface area contributed by atoms with E-state index in [1.54, 1.807) is 13.8 Å². The van der Waals surface area contributed by atoms with Gasteiger partial charge in [0.1, 0.15) is 0 Å². The molecule has 0 spiro atoms. The largest absolute Gasteiger partial charge is 0.465 e. The summed E-state index contributed by atoms with van der Waals surface area (Å²) >= 11 is 0. The fraction of sp³-hybridized carbons (Fsp3) is 0.483. The second-order valence-electron chi connectivity index (χ2n) is 8.94. The van der Waals surface area contributed by atoms with Gasteiger partial charge in [-0.25, -0.2) is 0 Å². The lowest BCUT2D eigenvalue weighted by Crippen LogP contribution is -2.34. The molecule has 0 aliphatic carbocycles. The third-order valence-electron chi connectivity index (χ3n) is 6.45. The summed E-state index contributed by atoms with van der Waals surface area (Å²) in [5, 5.41) is 3.00. The van der Waals surface area contributed by atoms with E-state index in [-0.39, 0.29) is 25.5 Å². The molecule has 0 bridgehead atoms. The molecule has 2 aromatic rings. The second-order valence-corrected chi connectivity index (χ2v) is 8.94. The number of carbonyl (C=O) groups excluding carboxylic acids is 3. The molecule has 0 aromatic heterocycles. The van der Waals surface area contributed by atoms with Crippen LogP contribution in [0.1, 0.15) is 62.6 Å². The van der Waals surface area contributed by atoms with Crippen LogP contribution in [0.25, 0.3) is 0 Å². The highest BCUT2D eigenvalue weighted by atomic mass is 16.6. The molecule has 1 saturated heterocycles. The summed E-state index contributed by atoms with van der Waals surface area (Å²) in [7, 11) is 0. The molecule has 0 saturated carbocycles. The van der Waals surface area contributed by atoms with Gasteiger partial charge >= 0.3 is 11.9 Å². The molecule has 3 rings (SSSR count). The van der Waals surface area contributed by atoms with Crippen LogP contribution in [0, 0.1) is 5.92 Å². The lowest BCUT2D eigenvalue weighted by molar-refractivity contribution is -0.161. The van der Waals surface area contributed by atoms with Crippen LogP contribution in [-0.4, -0.2) is 50.7 Å². The van der Waals surface area contributed by atoms with Gasteiger partial charge in [0.05, 0.1) is 19.1 Å². The summed E-state index contributed by atoms with van der Waals surface area (Å²) in [6.07, 6.45) is 3.71.